The number of ether oxygens (including phenoxy) is 2. The van der Waals surface area contributed by atoms with Gasteiger partial charge in [0.1, 0.15) is 0 Å². The molecular formula is C18H31NO4. The van der Waals surface area contributed by atoms with E-state index >= 15 is 0 Å². The van der Waals surface area contributed by atoms with E-state index in [1.54, 1.807) is 7.11 Å². The average molecular weight is 325 g/mol. The molecule has 4 atom stereocenters. The summed E-state index contributed by atoms with van der Waals surface area (Å²) in [6.45, 7) is 2.13. The Labute approximate surface area is 139 Å². The van der Waals surface area contributed by atoms with Gasteiger partial charge in [-0.15, -0.1) is 0 Å². The lowest BCUT2D eigenvalue weighted by Gasteiger charge is -2.37. The first-order chi connectivity index (χ1) is 11.1. The zero-order valence-electron chi connectivity index (χ0n) is 14.3. The third kappa shape index (κ3) is 3.72. The van der Waals surface area contributed by atoms with Gasteiger partial charge in [0, 0.05) is 44.1 Å². The van der Waals surface area contributed by atoms with Crippen molar-refractivity contribution in [2.45, 2.75) is 63.6 Å². The molecule has 0 radical (unpaired) electrons. The van der Waals surface area contributed by atoms with E-state index in [1.165, 1.54) is 0 Å². The van der Waals surface area contributed by atoms with Gasteiger partial charge in [-0.25, -0.2) is 0 Å². The summed E-state index contributed by atoms with van der Waals surface area (Å²) < 4.78 is 10.9. The number of carbonyl (C=O) groups excluding carboxylic acids is 1. The molecular weight excluding hydrogens is 294 g/mol. The molecule has 0 aromatic heterocycles. The molecule has 2 saturated carbocycles. The SMILES string of the molecule is COC1CCCC(C(=O)NCC2CCC3(CCOCC3)C2O)C1. The Morgan fingerprint density at radius 2 is 2.04 bits per heavy atom. The smallest absolute Gasteiger partial charge is 0.223 e. The summed E-state index contributed by atoms with van der Waals surface area (Å²) in [6, 6.07) is 0. The Bertz CT molecular complexity index is 408. The van der Waals surface area contributed by atoms with Crippen molar-refractivity contribution in [3.05, 3.63) is 0 Å². The Hall–Kier alpha value is -0.650. The molecule has 2 aliphatic carbocycles. The molecule has 3 fully saturated rings. The molecule has 3 aliphatic rings. The van der Waals surface area contributed by atoms with Crippen LogP contribution in [0, 0.1) is 17.3 Å². The minimum atomic E-state index is -0.301. The largest absolute Gasteiger partial charge is 0.392 e. The first kappa shape index (κ1) is 17.2. The van der Waals surface area contributed by atoms with Gasteiger partial charge in [0.2, 0.25) is 5.91 Å². The van der Waals surface area contributed by atoms with Crippen LogP contribution in [0.5, 0.6) is 0 Å². The fourth-order valence-electron chi connectivity index (χ4n) is 4.79. The number of amides is 1. The van der Waals surface area contributed by atoms with Crippen molar-refractivity contribution in [2.75, 3.05) is 26.9 Å². The summed E-state index contributed by atoms with van der Waals surface area (Å²) in [4.78, 5) is 12.4. The van der Waals surface area contributed by atoms with E-state index in [1.807, 2.05) is 0 Å². The molecule has 3 rings (SSSR count). The van der Waals surface area contributed by atoms with Crippen LogP contribution in [-0.2, 0) is 14.3 Å². The monoisotopic (exact) mass is 325 g/mol. The van der Waals surface area contributed by atoms with Crippen LogP contribution >= 0.6 is 0 Å². The predicted molar refractivity (Wildman–Crippen MR) is 87.0 cm³/mol. The molecule has 0 aromatic rings. The van der Waals surface area contributed by atoms with Crippen molar-refractivity contribution in [3.8, 4) is 0 Å². The number of aliphatic hydroxyl groups excluding tert-OH is 1. The Morgan fingerprint density at radius 1 is 1.26 bits per heavy atom. The van der Waals surface area contributed by atoms with Crippen LogP contribution < -0.4 is 5.32 Å². The summed E-state index contributed by atoms with van der Waals surface area (Å²) >= 11 is 0. The zero-order chi connectivity index (χ0) is 16.3. The van der Waals surface area contributed by atoms with Crippen LogP contribution in [0.4, 0.5) is 0 Å². The molecule has 1 heterocycles. The number of methoxy groups -OCH3 is 1. The molecule has 5 nitrogen and oxygen atoms in total. The highest BCUT2D eigenvalue weighted by Gasteiger charge is 2.48. The lowest BCUT2D eigenvalue weighted by molar-refractivity contribution is -0.128. The van der Waals surface area contributed by atoms with E-state index in [0.29, 0.717) is 6.54 Å². The van der Waals surface area contributed by atoms with E-state index in [2.05, 4.69) is 5.32 Å². The van der Waals surface area contributed by atoms with E-state index in [-0.39, 0.29) is 35.4 Å². The summed E-state index contributed by atoms with van der Waals surface area (Å²) in [6.07, 6.45) is 7.81. The van der Waals surface area contributed by atoms with Gasteiger partial charge in [-0.1, -0.05) is 6.42 Å². The highest BCUT2D eigenvalue weighted by molar-refractivity contribution is 5.78. The first-order valence-corrected chi connectivity index (χ1v) is 9.21. The summed E-state index contributed by atoms with van der Waals surface area (Å²) in [5, 5.41) is 13.8. The van der Waals surface area contributed by atoms with Crippen LogP contribution in [0.1, 0.15) is 51.4 Å². The van der Waals surface area contributed by atoms with Gasteiger partial charge in [0.15, 0.2) is 0 Å². The van der Waals surface area contributed by atoms with Gasteiger partial charge in [-0.3, -0.25) is 4.79 Å². The molecule has 4 unspecified atom stereocenters. The standard InChI is InChI=1S/C18H31NO4/c1-22-15-4-2-3-13(11-15)17(21)19-12-14-5-6-18(16(14)20)7-9-23-10-8-18/h13-16,20H,2-12H2,1H3,(H,19,21). The highest BCUT2D eigenvalue weighted by Crippen LogP contribution is 2.48. The van der Waals surface area contributed by atoms with E-state index in [9.17, 15) is 9.90 Å². The third-order valence-electron chi connectivity index (χ3n) is 6.44. The molecule has 2 N–H and O–H groups in total. The Balaban J connectivity index is 1.47. The van der Waals surface area contributed by atoms with E-state index in [4.69, 9.17) is 9.47 Å². The molecule has 0 bridgehead atoms. The van der Waals surface area contributed by atoms with Crippen LogP contribution in [-0.4, -0.2) is 50.1 Å². The number of carbonyl (C=O) groups is 1. The molecule has 1 saturated heterocycles. The van der Waals surface area contributed by atoms with E-state index in [0.717, 1.165) is 64.6 Å². The maximum Gasteiger partial charge on any atom is 0.223 e. The third-order valence-corrected chi connectivity index (χ3v) is 6.44. The average Bonchev–Trinajstić information content (AvgIpc) is 2.89. The number of hydrogen-bond donors (Lipinski definition) is 2. The first-order valence-electron chi connectivity index (χ1n) is 9.21. The second-order valence-electron chi connectivity index (χ2n) is 7.68. The van der Waals surface area contributed by atoms with Gasteiger partial charge < -0.3 is 19.9 Å². The van der Waals surface area contributed by atoms with Crippen molar-refractivity contribution in [3.63, 3.8) is 0 Å². The van der Waals surface area contributed by atoms with Crippen molar-refractivity contribution < 1.29 is 19.4 Å². The Kier molecular flexibility index (Phi) is 5.60. The zero-order valence-corrected chi connectivity index (χ0v) is 14.3. The molecule has 0 aromatic carbocycles. The topological polar surface area (TPSA) is 67.8 Å². The van der Waals surface area contributed by atoms with Gasteiger partial charge >= 0.3 is 0 Å². The predicted octanol–water partition coefficient (Wildman–Crippen LogP) is 1.88. The van der Waals surface area contributed by atoms with Crippen molar-refractivity contribution >= 4 is 5.91 Å². The lowest BCUT2D eigenvalue weighted by atomic mass is 9.76. The van der Waals surface area contributed by atoms with Crippen LogP contribution in [0.2, 0.25) is 0 Å². The molecule has 23 heavy (non-hydrogen) atoms. The van der Waals surface area contributed by atoms with Crippen LogP contribution in [0.15, 0.2) is 0 Å². The van der Waals surface area contributed by atoms with Crippen molar-refractivity contribution in [2.24, 2.45) is 17.3 Å². The maximum atomic E-state index is 12.4. The lowest BCUT2D eigenvalue weighted by Crippen LogP contribution is -2.43. The van der Waals surface area contributed by atoms with Gasteiger partial charge in [-0.05, 0) is 44.9 Å². The summed E-state index contributed by atoms with van der Waals surface area (Å²) in [5.74, 6) is 0.412. The molecule has 1 aliphatic heterocycles. The second kappa shape index (κ2) is 7.49. The molecule has 5 heteroatoms. The number of nitrogens with one attached hydrogen (secondary N) is 1. The van der Waals surface area contributed by atoms with Gasteiger partial charge in [0.05, 0.1) is 12.2 Å². The molecule has 132 valence electrons. The maximum absolute atomic E-state index is 12.4. The minimum Gasteiger partial charge on any atom is -0.392 e. The molecule has 1 spiro atoms. The number of rotatable bonds is 4. The Morgan fingerprint density at radius 3 is 2.78 bits per heavy atom. The highest BCUT2D eigenvalue weighted by atomic mass is 16.5. The van der Waals surface area contributed by atoms with Crippen molar-refractivity contribution in [1.29, 1.82) is 0 Å². The minimum absolute atomic E-state index is 0.0413. The van der Waals surface area contributed by atoms with Gasteiger partial charge in [-0.2, -0.15) is 0 Å². The fourth-order valence-corrected chi connectivity index (χ4v) is 4.79. The summed E-state index contributed by atoms with van der Waals surface area (Å²) in [7, 11) is 1.73. The molecule has 1 amide bonds. The van der Waals surface area contributed by atoms with Gasteiger partial charge in [0.25, 0.3) is 0 Å². The normalized spacial score (nSPS) is 37.0. The van der Waals surface area contributed by atoms with Crippen LogP contribution in [0.25, 0.3) is 0 Å². The quantitative estimate of drug-likeness (QED) is 0.828. The summed E-state index contributed by atoms with van der Waals surface area (Å²) in [5.41, 5.74) is 0.0413. The van der Waals surface area contributed by atoms with Crippen molar-refractivity contribution in [1.82, 2.24) is 5.32 Å². The van der Waals surface area contributed by atoms with Crippen LogP contribution in [0.3, 0.4) is 0 Å². The fraction of sp³-hybridized carbons (Fsp3) is 0.944. The number of aliphatic hydroxyl groups is 1. The second-order valence-corrected chi connectivity index (χ2v) is 7.68. The number of hydrogen-bond acceptors (Lipinski definition) is 4. The van der Waals surface area contributed by atoms with E-state index < -0.39 is 0 Å².